The Balaban J connectivity index is 0.00000167. The number of carbonyl (C=O) groups is 1. The zero-order chi connectivity index (χ0) is 34.9. The molecule has 2 aliphatic heterocycles. The number of nitro groups is 1. The number of non-ortho nitro benzene ring substituents is 1. The molecule has 0 radical (unpaired) electrons. The van der Waals surface area contributed by atoms with E-state index < -0.39 is 24.4 Å². The van der Waals surface area contributed by atoms with Crippen LogP contribution in [0.5, 0.6) is 0 Å². The van der Waals surface area contributed by atoms with E-state index in [0.29, 0.717) is 30.0 Å². The van der Waals surface area contributed by atoms with Crippen LogP contribution in [0.4, 0.5) is 11.4 Å². The third kappa shape index (κ3) is 8.99. The van der Waals surface area contributed by atoms with Gasteiger partial charge in [0.2, 0.25) is 0 Å². The second-order valence-electron chi connectivity index (χ2n) is 12.3. The first-order valence-electron chi connectivity index (χ1n) is 15.8. The lowest BCUT2D eigenvalue weighted by Gasteiger charge is -2.39. The number of benzene rings is 3. The SMILES string of the molecule is CC1=C(C(=O)OCCN(Cc2ccccc2)c2ccccc2)C(c2cccc([N+](=O)[O-])c2)C(P2(=O)OCC(C)(C)CO2)=C(C)N1.CC[O-]. The van der Waals surface area contributed by atoms with Crippen molar-refractivity contribution in [1.29, 1.82) is 0 Å². The van der Waals surface area contributed by atoms with Crippen LogP contribution in [0.15, 0.2) is 107 Å². The summed E-state index contributed by atoms with van der Waals surface area (Å²) in [7, 11) is -3.91. The highest BCUT2D eigenvalue weighted by molar-refractivity contribution is 7.58. The van der Waals surface area contributed by atoms with Crippen molar-refractivity contribution >= 4 is 24.9 Å². The molecule has 2 heterocycles. The van der Waals surface area contributed by atoms with Gasteiger partial charge in [-0.25, -0.2) is 4.79 Å². The van der Waals surface area contributed by atoms with Crippen LogP contribution in [-0.2, 0) is 29.7 Å². The number of esters is 1. The molecule has 1 saturated heterocycles. The minimum atomic E-state index is -3.91. The summed E-state index contributed by atoms with van der Waals surface area (Å²) in [6.45, 7) is 10.4. The van der Waals surface area contributed by atoms with E-state index >= 15 is 0 Å². The number of nitrogens with zero attached hydrogens (tertiary/aromatic N) is 2. The van der Waals surface area contributed by atoms with E-state index in [2.05, 4.69) is 10.2 Å². The zero-order valence-corrected chi connectivity index (χ0v) is 28.9. The van der Waals surface area contributed by atoms with Crippen LogP contribution in [0.25, 0.3) is 0 Å². The van der Waals surface area contributed by atoms with E-state index in [1.54, 1.807) is 32.9 Å². The average molecular weight is 677 g/mol. The lowest BCUT2D eigenvalue weighted by Crippen LogP contribution is -2.34. The van der Waals surface area contributed by atoms with Gasteiger partial charge in [0.05, 0.1) is 41.5 Å². The number of rotatable bonds is 10. The third-order valence-electron chi connectivity index (χ3n) is 7.84. The molecule has 0 bridgehead atoms. The number of nitro benzene ring substituents is 1. The van der Waals surface area contributed by atoms with Crippen molar-refractivity contribution in [3.05, 3.63) is 128 Å². The third-order valence-corrected chi connectivity index (χ3v) is 9.96. The van der Waals surface area contributed by atoms with Crippen molar-refractivity contribution in [2.75, 3.05) is 37.9 Å². The summed E-state index contributed by atoms with van der Waals surface area (Å²) in [6.07, 6.45) is 0. The van der Waals surface area contributed by atoms with Crippen LogP contribution >= 0.6 is 7.60 Å². The Bertz CT molecular complexity index is 1680. The average Bonchev–Trinajstić information content (AvgIpc) is 3.06. The van der Waals surface area contributed by atoms with Gasteiger partial charge in [0.1, 0.15) is 6.61 Å². The summed E-state index contributed by atoms with van der Waals surface area (Å²) in [4.78, 5) is 27.3. The van der Waals surface area contributed by atoms with Gasteiger partial charge in [-0.05, 0) is 37.1 Å². The van der Waals surface area contributed by atoms with Crippen LogP contribution in [-0.4, -0.2) is 43.9 Å². The maximum atomic E-state index is 14.3. The van der Waals surface area contributed by atoms with Crippen molar-refractivity contribution < 1.29 is 33.2 Å². The minimum Gasteiger partial charge on any atom is -0.855 e. The van der Waals surface area contributed by atoms with Crippen LogP contribution in [0.3, 0.4) is 0 Å². The molecule has 0 spiro atoms. The molecule has 1 unspecified atom stereocenters. The van der Waals surface area contributed by atoms with Gasteiger partial charge in [-0.2, -0.15) is 0 Å². The lowest BCUT2D eigenvalue weighted by molar-refractivity contribution is -0.384. The molecule has 5 rings (SSSR count). The van der Waals surface area contributed by atoms with Crippen molar-refractivity contribution in [2.24, 2.45) is 5.41 Å². The highest BCUT2D eigenvalue weighted by Gasteiger charge is 2.48. The van der Waals surface area contributed by atoms with Crippen molar-refractivity contribution in [3.8, 4) is 0 Å². The zero-order valence-electron chi connectivity index (χ0n) is 28.0. The molecule has 1 N–H and O–H groups in total. The van der Waals surface area contributed by atoms with Crippen molar-refractivity contribution in [1.82, 2.24) is 5.32 Å². The largest absolute Gasteiger partial charge is 0.855 e. The Labute approximate surface area is 281 Å². The molecular formula is C36H43N3O8P-. The number of anilines is 1. The second-order valence-corrected chi connectivity index (χ2v) is 14.3. The number of hydrogen-bond donors (Lipinski definition) is 1. The van der Waals surface area contributed by atoms with E-state index in [-0.39, 0.29) is 48.4 Å². The Morgan fingerprint density at radius 3 is 2.21 bits per heavy atom. The summed E-state index contributed by atoms with van der Waals surface area (Å²) >= 11 is 0. The van der Waals surface area contributed by atoms with Gasteiger partial charge in [-0.15, -0.1) is 6.61 Å². The number of hydrogen-bond acceptors (Lipinski definition) is 10. The Morgan fingerprint density at radius 2 is 1.60 bits per heavy atom. The van der Waals surface area contributed by atoms with Crippen LogP contribution in [0.1, 0.15) is 51.7 Å². The smallest absolute Gasteiger partial charge is 0.360 e. The van der Waals surface area contributed by atoms with Gasteiger partial charge in [0.15, 0.2) is 0 Å². The predicted molar refractivity (Wildman–Crippen MR) is 183 cm³/mol. The first-order chi connectivity index (χ1) is 22.9. The molecule has 1 fully saturated rings. The molecule has 11 nitrogen and oxygen atoms in total. The molecule has 48 heavy (non-hydrogen) atoms. The van der Waals surface area contributed by atoms with Crippen LogP contribution in [0, 0.1) is 15.5 Å². The van der Waals surface area contributed by atoms with Gasteiger partial charge in [0, 0.05) is 41.2 Å². The van der Waals surface area contributed by atoms with Crippen molar-refractivity contribution in [2.45, 2.75) is 47.1 Å². The van der Waals surface area contributed by atoms with Gasteiger partial charge in [0.25, 0.3) is 5.69 Å². The number of ether oxygens (including phenoxy) is 1. The minimum absolute atomic E-state index is 0. The van der Waals surface area contributed by atoms with Crippen molar-refractivity contribution in [3.63, 3.8) is 0 Å². The summed E-state index contributed by atoms with van der Waals surface area (Å²) in [6, 6.07) is 25.9. The second kappa shape index (κ2) is 16.2. The van der Waals surface area contributed by atoms with E-state index in [1.165, 1.54) is 12.1 Å². The number of dihydropyridines is 1. The van der Waals surface area contributed by atoms with Gasteiger partial charge in [-0.1, -0.05) is 81.4 Å². The number of carbonyl (C=O) groups excluding carboxylic acids is 1. The molecule has 0 aromatic heterocycles. The Morgan fingerprint density at radius 1 is 1.00 bits per heavy atom. The molecule has 2 aliphatic rings. The molecule has 0 aliphatic carbocycles. The number of para-hydroxylation sites is 1. The summed E-state index contributed by atoms with van der Waals surface area (Å²) < 4.78 is 32.1. The molecule has 256 valence electrons. The predicted octanol–water partition coefficient (Wildman–Crippen LogP) is 6.67. The maximum absolute atomic E-state index is 14.3. The Hall–Kier alpha value is -4.28. The molecule has 0 saturated carbocycles. The highest BCUT2D eigenvalue weighted by Crippen LogP contribution is 2.66. The normalized spacial score (nSPS) is 18.2. The fourth-order valence-electron chi connectivity index (χ4n) is 5.57. The molecular weight excluding hydrogens is 633 g/mol. The first kappa shape index (κ1) is 36.6. The fourth-order valence-corrected chi connectivity index (χ4v) is 8.02. The number of allylic oxidation sites excluding steroid dienone is 3. The standard InChI is InChI=1S/C34H38N3O7P.C2H5O/c1-24-30(33(38)42-19-18-36(28-15-9-6-10-16-28)21-26-12-7-5-8-13-26)31(27-14-11-17-29(20-27)37(39)40)32(25(2)35-24)45(41)43-22-34(3,4)23-44-45;1-2-3/h5-17,20,31,35H,18-19,21-23H2,1-4H3;2H2,1H3/q;-1. The first-order valence-corrected chi connectivity index (χ1v) is 17.3. The van der Waals surface area contributed by atoms with Gasteiger partial charge < -0.3 is 29.1 Å². The molecule has 3 aromatic carbocycles. The van der Waals surface area contributed by atoms with Crippen LogP contribution < -0.4 is 15.3 Å². The summed E-state index contributed by atoms with van der Waals surface area (Å²) in [5.41, 5.74) is 3.18. The van der Waals surface area contributed by atoms with E-state index in [0.717, 1.165) is 11.3 Å². The lowest BCUT2D eigenvalue weighted by atomic mass is 9.86. The molecule has 3 aromatic rings. The Kier molecular flexibility index (Phi) is 12.3. The van der Waals surface area contributed by atoms with Gasteiger partial charge >= 0.3 is 13.6 Å². The van der Waals surface area contributed by atoms with E-state index in [9.17, 15) is 19.5 Å². The fraction of sp³-hybridized carbons (Fsp3) is 0.361. The van der Waals surface area contributed by atoms with E-state index in [1.807, 2.05) is 74.5 Å². The summed E-state index contributed by atoms with van der Waals surface area (Å²) in [5, 5.41) is 24.1. The molecule has 1 atom stereocenters. The topological polar surface area (TPSA) is 143 Å². The molecule has 0 amide bonds. The maximum Gasteiger partial charge on any atom is 0.360 e. The molecule has 12 heteroatoms. The summed E-state index contributed by atoms with van der Waals surface area (Å²) in [5.74, 6) is -1.58. The van der Waals surface area contributed by atoms with Crippen LogP contribution in [0.2, 0.25) is 0 Å². The quantitative estimate of drug-likeness (QED) is 0.107. The van der Waals surface area contributed by atoms with E-state index in [4.69, 9.17) is 18.9 Å². The number of nitrogens with one attached hydrogen (secondary N) is 1. The monoisotopic (exact) mass is 676 g/mol. The van der Waals surface area contributed by atoms with Gasteiger partial charge in [-0.3, -0.25) is 14.7 Å². The highest BCUT2D eigenvalue weighted by atomic mass is 31.2.